The van der Waals surface area contributed by atoms with E-state index in [-0.39, 0.29) is 6.61 Å². The Morgan fingerprint density at radius 2 is 2.11 bits per heavy atom. The summed E-state index contributed by atoms with van der Waals surface area (Å²) >= 11 is 3.50. The SMILES string of the molecule is Cc1nn(C)c(COc2ccccc2CO)c1Br. The zero-order chi connectivity index (χ0) is 13.1. The third-order valence-corrected chi connectivity index (χ3v) is 3.80. The van der Waals surface area contributed by atoms with E-state index in [0.717, 1.165) is 21.4 Å². The van der Waals surface area contributed by atoms with Crippen LogP contribution in [0.25, 0.3) is 0 Å². The molecule has 4 nitrogen and oxygen atoms in total. The Balaban J connectivity index is 2.16. The van der Waals surface area contributed by atoms with Gasteiger partial charge in [-0.25, -0.2) is 0 Å². The number of nitrogens with zero attached hydrogens (tertiary/aromatic N) is 2. The first-order valence-corrected chi connectivity index (χ1v) is 6.42. The first-order valence-electron chi connectivity index (χ1n) is 5.63. The maximum absolute atomic E-state index is 9.22. The zero-order valence-electron chi connectivity index (χ0n) is 10.4. The average molecular weight is 311 g/mol. The van der Waals surface area contributed by atoms with Crippen molar-refractivity contribution in [2.75, 3.05) is 0 Å². The number of aryl methyl sites for hydroxylation is 2. The van der Waals surface area contributed by atoms with Crippen LogP contribution in [0, 0.1) is 6.92 Å². The van der Waals surface area contributed by atoms with Crippen LogP contribution in [0.4, 0.5) is 0 Å². The van der Waals surface area contributed by atoms with Crippen LogP contribution in [-0.2, 0) is 20.3 Å². The minimum Gasteiger partial charge on any atom is -0.487 e. The summed E-state index contributed by atoms with van der Waals surface area (Å²) in [6.07, 6.45) is 0. The molecular weight excluding hydrogens is 296 g/mol. The Labute approximate surface area is 114 Å². The summed E-state index contributed by atoms with van der Waals surface area (Å²) in [6.45, 7) is 2.33. The highest BCUT2D eigenvalue weighted by Gasteiger charge is 2.11. The van der Waals surface area contributed by atoms with Crippen LogP contribution in [-0.4, -0.2) is 14.9 Å². The van der Waals surface area contributed by atoms with Crippen molar-refractivity contribution >= 4 is 15.9 Å². The molecule has 0 aliphatic rings. The van der Waals surface area contributed by atoms with E-state index < -0.39 is 0 Å². The molecular formula is C13H15BrN2O2. The molecule has 0 fully saturated rings. The number of aliphatic hydroxyl groups is 1. The number of aromatic nitrogens is 2. The van der Waals surface area contributed by atoms with E-state index in [4.69, 9.17) is 4.74 Å². The van der Waals surface area contributed by atoms with E-state index in [1.807, 2.05) is 38.2 Å². The highest BCUT2D eigenvalue weighted by Crippen LogP contribution is 2.23. The van der Waals surface area contributed by atoms with Gasteiger partial charge in [-0.05, 0) is 28.9 Å². The van der Waals surface area contributed by atoms with Gasteiger partial charge < -0.3 is 9.84 Å². The third-order valence-electron chi connectivity index (χ3n) is 2.77. The van der Waals surface area contributed by atoms with Gasteiger partial charge in [0.1, 0.15) is 12.4 Å². The number of rotatable bonds is 4. The maximum Gasteiger partial charge on any atom is 0.131 e. The summed E-state index contributed by atoms with van der Waals surface area (Å²) in [5, 5.41) is 13.5. The fourth-order valence-corrected chi connectivity index (χ4v) is 2.21. The predicted molar refractivity (Wildman–Crippen MR) is 72.3 cm³/mol. The van der Waals surface area contributed by atoms with Crippen molar-refractivity contribution in [3.8, 4) is 5.75 Å². The molecule has 0 saturated heterocycles. The smallest absolute Gasteiger partial charge is 0.131 e. The average Bonchev–Trinajstić information content (AvgIpc) is 2.62. The zero-order valence-corrected chi connectivity index (χ0v) is 11.9. The normalized spacial score (nSPS) is 10.7. The van der Waals surface area contributed by atoms with Gasteiger partial charge in [-0.15, -0.1) is 0 Å². The third kappa shape index (κ3) is 2.57. The van der Waals surface area contributed by atoms with Gasteiger partial charge in [0.15, 0.2) is 0 Å². The van der Waals surface area contributed by atoms with E-state index in [9.17, 15) is 5.11 Å². The molecule has 0 saturated carbocycles. The molecule has 0 atom stereocenters. The molecule has 2 rings (SSSR count). The Morgan fingerprint density at radius 1 is 1.39 bits per heavy atom. The highest BCUT2D eigenvalue weighted by atomic mass is 79.9. The Kier molecular flexibility index (Phi) is 4.04. The molecule has 0 spiro atoms. The number of hydrogen-bond acceptors (Lipinski definition) is 3. The number of benzene rings is 1. The van der Waals surface area contributed by atoms with E-state index in [1.165, 1.54) is 0 Å². The monoisotopic (exact) mass is 310 g/mol. The molecule has 0 aliphatic heterocycles. The molecule has 0 aliphatic carbocycles. The van der Waals surface area contributed by atoms with Gasteiger partial charge in [0.05, 0.1) is 22.5 Å². The Bertz CT molecular complexity index is 552. The van der Waals surface area contributed by atoms with Crippen molar-refractivity contribution in [3.63, 3.8) is 0 Å². The van der Waals surface area contributed by atoms with Crippen LogP contribution in [0.3, 0.4) is 0 Å². The van der Waals surface area contributed by atoms with Gasteiger partial charge in [0.2, 0.25) is 0 Å². The number of ether oxygens (including phenoxy) is 1. The molecule has 1 aromatic heterocycles. The maximum atomic E-state index is 9.22. The Hall–Kier alpha value is -1.33. The van der Waals surface area contributed by atoms with Crippen LogP contribution in [0.15, 0.2) is 28.7 Å². The van der Waals surface area contributed by atoms with E-state index in [2.05, 4.69) is 21.0 Å². The second-order valence-electron chi connectivity index (χ2n) is 4.02. The molecule has 1 heterocycles. The molecule has 18 heavy (non-hydrogen) atoms. The molecule has 2 aromatic rings. The summed E-state index contributed by atoms with van der Waals surface area (Å²) in [4.78, 5) is 0. The van der Waals surface area contributed by atoms with Crippen molar-refractivity contribution in [2.45, 2.75) is 20.1 Å². The first-order chi connectivity index (χ1) is 8.63. The topological polar surface area (TPSA) is 47.3 Å². The van der Waals surface area contributed by atoms with Crippen molar-refractivity contribution in [1.29, 1.82) is 0 Å². The van der Waals surface area contributed by atoms with Gasteiger partial charge in [0.25, 0.3) is 0 Å². The van der Waals surface area contributed by atoms with Crippen molar-refractivity contribution in [3.05, 3.63) is 45.7 Å². The quantitative estimate of drug-likeness (QED) is 0.944. The lowest BCUT2D eigenvalue weighted by atomic mass is 10.2. The number of para-hydroxylation sites is 1. The predicted octanol–water partition coefficient (Wildman–Crippen LogP) is 2.56. The summed E-state index contributed by atoms with van der Waals surface area (Å²) in [5.41, 5.74) is 2.69. The lowest BCUT2D eigenvalue weighted by Gasteiger charge is -2.10. The Morgan fingerprint density at radius 3 is 2.72 bits per heavy atom. The minimum absolute atomic E-state index is 0.0260. The molecule has 0 unspecified atom stereocenters. The van der Waals surface area contributed by atoms with Gasteiger partial charge in [-0.2, -0.15) is 5.10 Å². The van der Waals surface area contributed by atoms with Gasteiger partial charge in [0, 0.05) is 12.6 Å². The van der Waals surface area contributed by atoms with E-state index in [0.29, 0.717) is 12.4 Å². The van der Waals surface area contributed by atoms with E-state index in [1.54, 1.807) is 4.68 Å². The molecule has 0 radical (unpaired) electrons. The minimum atomic E-state index is -0.0260. The highest BCUT2D eigenvalue weighted by molar-refractivity contribution is 9.10. The van der Waals surface area contributed by atoms with Gasteiger partial charge in [-0.3, -0.25) is 4.68 Å². The van der Waals surface area contributed by atoms with Crippen molar-refractivity contribution in [2.24, 2.45) is 7.05 Å². The molecule has 96 valence electrons. The van der Waals surface area contributed by atoms with Crippen LogP contribution >= 0.6 is 15.9 Å². The van der Waals surface area contributed by atoms with Gasteiger partial charge >= 0.3 is 0 Å². The van der Waals surface area contributed by atoms with Crippen molar-refractivity contribution in [1.82, 2.24) is 9.78 Å². The van der Waals surface area contributed by atoms with Crippen LogP contribution in [0.5, 0.6) is 5.75 Å². The summed E-state index contributed by atoms with van der Waals surface area (Å²) in [6, 6.07) is 7.46. The summed E-state index contributed by atoms with van der Waals surface area (Å²) in [7, 11) is 1.88. The number of halogens is 1. The van der Waals surface area contributed by atoms with Gasteiger partial charge in [-0.1, -0.05) is 18.2 Å². The molecule has 1 N–H and O–H groups in total. The van der Waals surface area contributed by atoms with Crippen LogP contribution in [0.2, 0.25) is 0 Å². The van der Waals surface area contributed by atoms with Crippen molar-refractivity contribution < 1.29 is 9.84 Å². The second kappa shape index (κ2) is 5.54. The fourth-order valence-electron chi connectivity index (χ4n) is 1.76. The molecule has 5 heteroatoms. The van der Waals surface area contributed by atoms with Crippen LogP contribution in [0.1, 0.15) is 17.0 Å². The number of aliphatic hydroxyl groups excluding tert-OH is 1. The standard InChI is InChI=1S/C13H15BrN2O2/c1-9-13(14)11(16(2)15-9)8-18-12-6-4-3-5-10(12)7-17/h3-6,17H,7-8H2,1-2H3. The summed E-state index contributed by atoms with van der Waals surface area (Å²) in [5.74, 6) is 0.700. The van der Waals surface area contributed by atoms with Crippen LogP contribution < -0.4 is 4.74 Å². The second-order valence-corrected chi connectivity index (χ2v) is 4.82. The van der Waals surface area contributed by atoms with E-state index >= 15 is 0 Å². The lowest BCUT2D eigenvalue weighted by molar-refractivity contribution is 0.255. The largest absolute Gasteiger partial charge is 0.487 e. The molecule has 0 amide bonds. The molecule has 1 aromatic carbocycles. The molecule has 0 bridgehead atoms. The fraction of sp³-hybridized carbons (Fsp3) is 0.308. The number of hydrogen-bond donors (Lipinski definition) is 1. The lowest BCUT2D eigenvalue weighted by Crippen LogP contribution is -2.05. The summed E-state index contributed by atoms with van der Waals surface area (Å²) < 4.78 is 8.50. The first kappa shape index (κ1) is 13.1.